The van der Waals surface area contributed by atoms with Crippen LogP contribution in [-0.2, 0) is 6.42 Å². The van der Waals surface area contributed by atoms with Gasteiger partial charge in [0.15, 0.2) is 0 Å². The van der Waals surface area contributed by atoms with E-state index < -0.39 is 0 Å². The van der Waals surface area contributed by atoms with E-state index in [-0.39, 0.29) is 0 Å². The molecule has 68 valence electrons. The molecule has 0 unspecified atom stereocenters. The molecule has 0 amide bonds. The normalized spacial score (nSPS) is 10.2. The number of aryl methyl sites for hydroxylation is 1. The van der Waals surface area contributed by atoms with Gasteiger partial charge in [0.25, 0.3) is 0 Å². The van der Waals surface area contributed by atoms with Crippen molar-refractivity contribution >= 4 is 6.01 Å². The first-order valence-corrected chi connectivity index (χ1v) is 3.94. The molecule has 5 heteroatoms. The molecule has 2 N–H and O–H groups in total. The van der Waals surface area contributed by atoms with Gasteiger partial charge in [-0.3, -0.25) is 0 Å². The average molecular weight is 170 g/mol. The van der Waals surface area contributed by atoms with E-state index in [1.165, 1.54) is 0 Å². The Kier molecular flexibility index (Phi) is 3.04. The van der Waals surface area contributed by atoms with Crippen molar-refractivity contribution < 1.29 is 4.42 Å². The summed E-state index contributed by atoms with van der Waals surface area (Å²) in [6.45, 7) is 0.652. The Hall–Kier alpha value is -1.10. The summed E-state index contributed by atoms with van der Waals surface area (Å²) < 4.78 is 5.30. The van der Waals surface area contributed by atoms with Gasteiger partial charge in [-0.25, -0.2) is 0 Å². The fraction of sp³-hybridized carbons (Fsp3) is 0.714. The Balaban J connectivity index is 2.52. The van der Waals surface area contributed by atoms with Gasteiger partial charge < -0.3 is 15.1 Å². The zero-order chi connectivity index (χ0) is 8.97. The third kappa shape index (κ3) is 2.20. The van der Waals surface area contributed by atoms with Gasteiger partial charge in [-0.2, -0.15) is 0 Å². The summed E-state index contributed by atoms with van der Waals surface area (Å²) >= 11 is 0. The first-order chi connectivity index (χ1) is 5.74. The molecule has 1 heterocycles. The highest BCUT2D eigenvalue weighted by atomic mass is 16.4. The standard InChI is InChI=1S/C7H14N4O/c1-11(2)7-10-9-6(12-7)4-3-5-8/h3-5,8H2,1-2H3. The summed E-state index contributed by atoms with van der Waals surface area (Å²) in [5.74, 6) is 0.657. The van der Waals surface area contributed by atoms with E-state index in [2.05, 4.69) is 10.2 Å². The van der Waals surface area contributed by atoms with Crippen LogP contribution in [0.2, 0.25) is 0 Å². The predicted octanol–water partition coefficient (Wildman–Crippen LogP) is 0.0269. The SMILES string of the molecule is CN(C)c1nnc(CCCN)o1. The van der Waals surface area contributed by atoms with Crippen LogP contribution >= 0.6 is 0 Å². The smallest absolute Gasteiger partial charge is 0.317 e. The molecule has 1 aromatic heterocycles. The number of rotatable bonds is 4. The van der Waals surface area contributed by atoms with E-state index in [1.807, 2.05) is 14.1 Å². The first-order valence-electron chi connectivity index (χ1n) is 3.94. The lowest BCUT2D eigenvalue weighted by atomic mass is 10.3. The van der Waals surface area contributed by atoms with Crippen molar-refractivity contribution in [1.82, 2.24) is 10.2 Å². The van der Waals surface area contributed by atoms with E-state index in [1.54, 1.807) is 4.90 Å². The Morgan fingerprint density at radius 3 is 2.67 bits per heavy atom. The molecule has 0 radical (unpaired) electrons. The van der Waals surface area contributed by atoms with E-state index >= 15 is 0 Å². The van der Waals surface area contributed by atoms with Crippen molar-refractivity contribution in [1.29, 1.82) is 0 Å². The molecule has 0 aliphatic heterocycles. The minimum Gasteiger partial charge on any atom is -0.408 e. The number of hydrogen-bond donors (Lipinski definition) is 1. The zero-order valence-corrected chi connectivity index (χ0v) is 7.45. The van der Waals surface area contributed by atoms with E-state index in [0.717, 1.165) is 12.8 Å². The van der Waals surface area contributed by atoms with Crippen LogP contribution in [0.15, 0.2) is 4.42 Å². The molecule has 5 nitrogen and oxygen atoms in total. The fourth-order valence-corrected chi connectivity index (χ4v) is 0.780. The summed E-state index contributed by atoms with van der Waals surface area (Å²) in [4.78, 5) is 1.78. The number of aromatic nitrogens is 2. The lowest BCUT2D eigenvalue weighted by Crippen LogP contribution is -2.08. The monoisotopic (exact) mass is 170 g/mol. The van der Waals surface area contributed by atoms with Gasteiger partial charge in [0.2, 0.25) is 5.89 Å². The molecule has 1 rings (SSSR count). The van der Waals surface area contributed by atoms with Crippen LogP contribution in [-0.4, -0.2) is 30.8 Å². The van der Waals surface area contributed by atoms with E-state index in [9.17, 15) is 0 Å². The topological polar surface area (TPSA) is 68.2 Å². The van der Waals surface area contributed by atoms with Crippen LogP contribution < -0.4 is 10.6 Å². The van der Waals surface area contributed by atoms with Gasteiger partial charge in [0.05, 0.1) is 0 Å². The third-order valence-corrected chi connectivity index (χ3v) is 1.43. The summed E-state index contributed by atoms with van der Waals surface area (Å²) in [5.41, 5.74) is 5.34. The minimum atomic E-state index is 0.544. The van der Waals surface area contributed by atoms with Crippen molar-refractivity contribution in [3.8, 4) is 0 Å². The number of nitrogens with zero attached hydrogens (tertiary/aromatic N) is 3. The van der Waals surface area contributed by atoms with Gasteiger partial charge >= 0.3 is 6.01 Å². The molecular weight excluding hydrogens is 156 g/mol. The molecule has 0 spiro atoms. The van der Waals surface area contributed by atoms with Gasteiger partial charge in [0.1, 0.15) is 0 Å². The van der Waals surface area contributed by atoms with Crippen LogP contribution in [0.1, 0.15) is 12.3 Å². The second-order valence-corrected chi connectivity index (χ2v) is 2.77. The van der Waals surface area contributed by atoms with E-state index in [4.69, 9.17) is 10.2 Å². The van der Waals surface area contributed by atoms with Crippen molar-refractivity contribution in [3.05, 3.63) is 5.89 Å². The largest absolute Gasteiger partial charge is 0.408 e. The molecule has 0 saturated heterocycles. The van der Waals surface area contributed by atoms with Crippen molar-refractivity contribution in [2.24, 2.45) is 5.73 Å². The molecule has 12 heavy (non-hydrogen) atoms. The molecule has 0 aliphatic rings. The van der Waals surface area contributed by atoms with Gasteiger partial charge in [0, 0.05) is 20.5 Å². The Bertz CT molecular complexity index is 233. The quantitative estimate of drug-likeness (QED) is 0.690. The number of anilines is 1. The first kappa shape index (κ1) is 8.99. The molecule has 0 saturated carbocycles. The lowest BCUT2D eigenvalue weighted by Gasteiger charge is -2.02. The second-order valence-electron chi connectivity index (χ2n) is 2.77. The van der Waals surface area contributed by atoms with Crippen LogP contribution in [0, 0.1) is 0 Å². The lowest BCUT2D eigenvalue weighted by molar-refractivity contribution is 0.489. The van der Waals surface area contributed by atoms with Gasteiger partial charge in [-0.1, -0.05) is 5.10 Å². The number of nitrogens with two attached hydrogens (primary N) is 1. The molecule has 0 aliphatic carbocycles. The Labute approximate surface area is 71.6 Å². The molecule has 1 aromatic rings. The number of hydrogen-bond acceptors (Lipinski definition) is 5. The van der Waals surface area contributed by atoms with Crippen LogP contribution in [0.3, 0.4) is 0 Å². The van der Waals surface area contributed by atoms with Gasteiger partial charge in [-0.15, -0.1) is 5.10 Å². The molecular formula is C7H14N4O. The zero-order valence-electron chi connectivity index (χ0n) is 7.45. The maximum Gasteiger partial charge on any atom is 0.317 e. The summed E-state index contributed by atoms with van der Waals surface area (Å²) in [7, 11) is 3.72. The third-order valence-electron chi connectivity index (χ3n) is 1.43. The molecule has 0 bridgehead atoms. The summed E-state index contributed by atoms with van der Waals surface area (Å²) in [6, 6.07) is 0.544. The van der Waals surface area contributed by atoms with Crippen LogP contribution in [0.4, 0.5) is 6.01 Å². The van der Waals surface area contributed by atoms with E-state index in [0.29, 0.717) is 18.5 Å². The predicted molar refractivity (Wildman–Crippen MR) is 46.0 cm³/mol. The van der Waals surface area contributed by atoms with Crippen molar-refractivity contribution in [2.75, 3.05) is 25.5 Å². The molecule has 0 atom stereocenters. The molecule has 0 aromatic carbocycles. The highest BCUT2D eigenvalue weighted by molar-refractivity contribution is 5.19. The maximum atomic E-state index is 5.34. The van der Waals surface area contributed by atoms with Gasteiger partial charge in [-0.05, 0) is 13.0 Å². The summed E-state index contributed by atoms with van der Waals surface area (Å²) in [6.07, 6.45) is 1.65. The summed E-state index contributed by atoms with van der Waals surface area (Å²) in [5, 5.41) is 7.70. The van der Waals surface area contributed by atoms with Crippen LogP contribution in [0.5, 0.6) is 0 Å². The minimum absolute atomic E-state index is 0.544. The van der Waals surface area contributed by atoms with Crippen molar-refractivity contribution in [2.45, 2.75) is 12.8 Å². The highest BCUT2D eigenvalue weighted by Crippen LogP contribution is 2.09. The Morgan fingerprint density at radius 1 is 1.42 bits per heavy atom. The Morgan fingerprint density at radius 2 is 2.17 bits per heavy atom. The van der Waals surface area contributed by atoms with Crippen LogP contribution in [0.25, 0.3) is 0 Å². The average Bonchev–Trinajstić information content (AvgIpc) is 2.48. The highest BCUT2D eigenvalue weighted by Gasteiger charge is 2.05. The fourth-order valence-electron chi connectivity index (χ4n) is 0.780. The maximum absolute atomic E-state index is 5.34. The second kappa shape index (κ2) is 4.06. The molecule has 0 fully saturated rings. The van der Waals surface area contributed by atoms with Crippen molar-refractivity contribution in [3.63, 3.8) is 0 Å².